The third-order valence-corrected chi connectivity index (χ3v) is 3.02. The fourth-order valence-corrected chi connectivity index (χ4v) is 2.01. The summed E-state index contributed by atoms with van der Waals surface area (Å²) in [6.45, 7) is 0. The van der Waals surface area contributed by atoms with Crippen LogP contribution in [0.4, 0.5) is 0 Å². The molecule has 0 atom stereocenters. The van der Waals surface area contributed by atoms with Crippen molar-refractivity contribution in [1.29, 1.82) is 0 Å². The van der Waals surface area contributed by atoms with Crippen molar-refractivity contribution in [1.82, 2.24) is 20.6 Å². The molecule has 0 saturated carbocycles. The van der Waals surface area contributed by atoms with Gasteiger partial charge in [-0.15, -0.1) is 10.2 Å². The molecule has 0 radical (unpaired) electrons. The number of aromatic nitrogens is 4. The van der Waals surface area contributed by atoms with E-state index in [1.54, 1.807) is 0 Å². The fraction of sp³-hybridized carbons (Fsp3) is 0.125. The number of nitrogens with one attached hydrogen (secondary N) is 1. The minimum atomic E-state index is -3.82. The Morgan fingerprint density at radius 3 is 2.71 bits per heavy atom. The minimum absolute atomic E-state index is 0.0905. The number of H-pyrrole nitrogens is 1. The molecule has 1 heterocycles. The molecule has 0 amide bonds. The van der Waals surface area contributed by atoms with Crippen LogP contribution in [0.25, 0.3) is 11.4 Å². The van der Waals surface area contributed by atoms with Crippen molar-refractivity contribution in [3.05, 3.63) is 18.2 Å². The van der Waals surface area contributed by atoms with Crippen LogP contribution in [-0.2, 0) is 10.0 Å². The first-order valence-corrected chi connectivity index (χ1v) is 6.01. The molecule has 0 bridgehead atoms. The summed E-state index contributed by atoms with van der Waals surface area (Å²) in [4.78, 5) is -0.0905. The van der Waals surface area contributed by atoms with Crippen molar-refractivity contribution in [2.45, 2.75) is 4.90 Å². The third kappa shape index (κ3) is 2.24. The van der Waals surface area contributed by atoms with Crippen LogP contribution in [0.3, 0.4) is 0 Å². The summed E-state index contributed by atoms with van der Waals surface area (Å²) in [7, 11) is -2.47. The van der Waals surface area contributed by atoms with E-state index in [9.17, 15) is 8.42 Å². The van der Waals surface area contributed by atoms with Gasteiger partial charge >= 0.3 is 0 Å². The van der Waals surface area contributed by atoms with Gasteiger partial charge in [-0.1, -0.05) is 0 Å². The van der Waals surface area contributed by atoms with Crippen molar-refractivity contribution in [2.24, 2.45) is 5.14 Å². The van der Waals surface area contributed by atoms with E-state index in [0.717, 1.165) is 0 Å². The lowest BCUT2D eigenvalue weighted by atomic mass is 10.2. The van der Waals surface area contributed by atoms with Crippen LogP contribution in [0.5, 0.6) is 5.75 Å². The first-order chi connectivity index (χ1) is 8.02. The summed E-state index contributed by atoms with van der Waals surface area (Å²) in [5.74, 6) is 0.471. The summed E-state index contributed by atoms with van der Waals surface area (Å²) in [5.41, 5.74) is 0.572. The number of rotatable bonds is 3. The van der Waals surface area contributed by atoms with Crippen molar-refractivity contribution in [3.63, 3.8) is 0 Å². The molecule has 3 N–H and O–H groups in total. The number of nitrogens with two attached hydrogens (primary N) is 1. The molecule has 0 spiro atoms. The van der Waals surface area contributed by atoms with Crippen LogP contribution < -0.4 is 9.88 Å². The number of primary sulfonamides is 1. The highest BCUT2D eigenvalue weighted by atomic mass is 32.2. The average molecular weight is 255 g/mol. The maximum Gasteiger partial charge on any atom is 0.241 e. The van der Waals surface area contributed by atoms with Crippen molar-refractivity contribution in [2.75, 3.05) is 7.11 Å². The first-order valence-electron chi connectivity index (χ1n) is 4.47. The summed E-state index contributed by atoms with van der Waals surface area (Å²) < 4.78 is 27.5. The van der Waals surface area contributed by atoms with Gasteiger partial charge in [0.15, 0.2) is 0 Å². The van der Waals surface area contributed by atoms with Gasteiger partial charge in [-0.2, -0.15) is 5.21 Å². The van der Waals surface area contributed by atoms with Gasteiger partial charge in [-0.3, -0.25) is 0 Å². The number of hydrogen-bond donors (Lipinski definition) is 2. The maximum atomic E-state index is 11.3. The summed E-state index contributed by atoms with van der Waals surface area (Å²) in [6, 6.07) is 4.33. The van der Waals surface area contributed by atoms with Gasteiger partial charge in [0.2, 0.25) is 15.8 Å². The molecule has 2 aromatic rings. The molecule has 0 aliphatic rings. The second-order valence-electron chi connectivity index (χ2n) is 3.15. The van der Waals surface area contributed by atoms with Crippen molar-refractivity contribution in [3.8, 4) is 17.1 Å². The van der Waals surface area contributed by atoms with Gasteiger partial charge in [-0.25, -0.2) is 13.6 Å². The monoisotopic (exact) mass is 255 g/mol. The maximum absolute atomic E-state index is 11.3. The molecule has 1 aromatic carbocycles. The lowest BCUT2D eigenvalue weighted by Gasteiger charge is -2.07. The zero-order chi connectivity index (χ0) is 12.5. The lowest BCUT2D eigenvalue weighted by Crippen LogP contribution is -2.13. The van der Waals surface area contributed by atoms with Crippen molar-refractivity contribution < 1.29 is 13.2 Å². The molecule has 0 saturated heterocycles. The highest BCUT2D eigenvalue weighted by molar-refractivity contribution is 7.89. The Balaban J connectivity index is 2.56. The van der Waals surface area contributed by atoms with E-state index in [1.165, 1.54) is 25.3 Å². The third-order valence-electron chi connectivity index (χ3n) is 2.07. The highest BCUT2D eigenvalue weighted by Gasteiger charge is 2.16. The van der Waals surface area contributed by atoms with Crippen LogP contribution >= 0.6 is 0 Å². The molecule has 17 heavy (non-hydrogen) atoms. The summed E-state index contributed by atoms with van der Waals surface area (Å²) >= 11 is 0. The molecule has 2 rings (SSSR count). The Morgan fingerprint density at radius 2 is 2.18 bits per heavy atom. The largest absolute Gasteiger partial charge is 0.495 e. The molecular formula is C8H9N5O3S. The number of nitrogens with zero attached hydrogens (tertiary/aromatic N) is 3. The zero-order valence-electron chi connectivity index (χ0n) is 8.78. The Bertz CT molecular complexity index is 623. The van der Waals surface area contributed by atoms with Gasteiger partial charge in [0, 0.05) is 5.56 Å². The lowest BCUT2D eigenvalue weighted by molar-refractivity contribution is 0.403. The van der Waals surface area contributed by atoms with Gasteiger partial charge in [0.25, 0.3) is 0 Å². The van der Waals surface area contributed by atoms with E-state index in [2.05, 4.69) is 20.6 Å². The van der Waals surface area contributed by atoms with E-state index >= 15 is 0 Å². The fourth-order valence-electron chi connectivity index (χ4n) is 1.33. The van der Waals surface area contributed by atoms with Crippen LogP contribution in [-0.4, -0.2) is 36.2 Å². The Labute approximate surface area is 96.8 Å². The van der Waals surface area contributed by atoms with Crippen LogP contribution in [0, 0.1) is 0 Å². The highest BCUT2D eigenvalue weighted by Crippen LogP contribution is 2.27. The predicted octanol–water partition coefficient (Wildman–Crippen LogP) is -0.477. The van der Waals surface area contributed by atoms with E-state index in [-0.39, 0.29) is 10.6 Å². The standard InChI is InChI=1S/C8H9N5O3S/c1-16-6-4-5(8-10-12-13-11-8)2-3-7(6)17(9,14)15/h2-4H,1H3,(H2,9,14,15)(H,10,11,12,13). The van der Waals surface area contributed by atoms with Crippen LogP contribution in [0.2, 0.25) is 0 Å². The number of ether oxygens (including phenoxy) is 1. The first kappa shape index (κ1) is 11.5. The average Bonchev–Trinajstić information content (AvgIpc) is 2.80. The quantitative estimate of drug-likeness (QED) is 0.763. The summed E-state index contributed by atoms with van der Waals surface area (Å²) in [5, 5.41) is 18.3. The van der Waals surface area contributed by atoms with Gasteiger partial charge in [0.05, 0.1) is 7.11 Å². The SMILES string of the molecule is COc1cc(-c2nn[nH]n2)ccc1S(N)(=O)=O. The molecule has 0 unspecified atom stereocenters. The van der Waals surface area contributed by atoms with Crippen molar-refractivity contribution >= 4 is 10.0 Å². The molecule has 8 nitrogen and oxygen atoms in total. The molecule has 1 aromatic heterocycles. The van der Waals surface area contributed by atoms with Crippen LogP contribution in [0.15, 0.2) is 23.1 Å². The number of tetrazole rings is 1. The van der Waals surface area contributed by atoms with Crippen LogP contribution in [0.1, 0.15) is 0 Å². The van der Waals surface area contributed by atoms with E-state index in [1.807, 2.05) is 0 Å². The van der Waals surface area contributed by atoms with E-state index in [0.29, 0.717) is 11.4 Å². The zero-order valence-corrected chi connectivity index (χ0v) is 9.60. The second-order valence-corrected chi connectivity index (χ2v) is 4.68. The summed E-state index contributed by atoms with van der Waals surface area (Å²) in [6.07, 6.45) is 0. The second kappa shape index (κ2) is 4.11. The Hall–Kier alpha value is -2.00. The van der Waals surface area contributed by atoms with E-state index < -0.39 is 10.0 Å². The smallest absolute Gasteiger partial charge is 0.241 e. The predicted molar refractivity (Wildman–Crippen MR) is 57.5 cm³/mol. The van der Waals surface area contributed by atoms with Gasteiger partial charge < -0.3 is 4.74 Å². The molecule has 0 aliphatic heterocycles. The normalized spacial score (nSPS) is 11.4. The Kier molecular flexibility index (Phi) is 2.77. The Morgan fingerprint density at radius 1 is 1.41 bits per heavy atom. The minimum Gasteiger partial charge on any atom is -0.495 e. The molecule has 0 fully saturated rings. The molecule has 0 aliphatic carbocycles. The topological polar surface area (TPSA) is 124 Å². The number of methoxy groups -OCH3 is 1. The molecule has 90 valence electrons. The number of hydrogen-bond acceptors (Lipinski definition) is 6. The molecular weight excluding hydrogens is 246 g/mol. The number of aromatic amines is 1. The molecule has 9 heteroatoms. The van der Waals surface area contributed by atoms with E-state index in [4.69, 9.17) is 9.88 Å². The van der Waals surface area contributed by atoms with Gasteiger partial charge in [-0.05, 0) is 23.4 Å². The van der Waals surface area contributed by atoms with Gasteiger partial charge in [0.1, 0.15) is 10.6 Å². The number of benzene rings is 1. The number of sulfonamides is 1.